The van der Waals surface area contributed by atoms with Gasteiger partial charge in [-0.2, -0.15) is 0 Å². The fraction of sp³-hybridized carbons (Fsp3) is 0.500. The fourth-order valence-corrected chi connectivity index (χ4v) is 2.02. The van der Waals surface area contributed by atoms with Crippen LogP contribution < -0.4 is 5.32 Å². The van der Waals surface area contributed by atoms with Crippen molar-refractivity contribution in [3.63, 3.8) is 0 Å². The van der Waals surface area contributed by atoms with Gasteiger partial charge in [0.05, 0.1) is 19.2 Å². The zero-order valence-electron chi connectivity index (χ0n) is 13.2. The van der Waals surface area contributed by atoms with Crippen molar-refractivity contribution in [3.8, 4) is 0 Å². The van der Waals surface area contributed by atoms with Crippen LogP contribution in [0.2, 0.25) is 0 Å². The molecule has 0 saturated carbocycles. The molecule has 0 fully saturated rings. The Morgan fingerprint density at radius 3 is 2.62 bits per heavy atom. The minimum Gasteiger partial charge on any atom is -0.465 e. The van der Waals surface area contributed by atoms with Gasteiger partial charge in [0.1, 0.15) is 0 Å². The Labute approximate surface area is 126 Å². The van der Waals surface area contributed by atoms with E-state index in [0.717, 1.165) is 12.1 Å². The van der Waals surface area contributed by atoms with Crippen LogP contribution in [-0.4, -0.2) is 43.0 Å². The quantitative estimate of drug-likeness (QED) is 0.779. The molecule has 0 unspecified atom stereocenters. The summed E-state index contributed by atoms with van der Waals surface area (Å²) in [7, 11) is 1.36. The van der Waals surface area contributed by atoms with Crippen molar-refractivity contribution in [2.24, 2.45) is 0 Å². The minimum absolute atomic E-state index is 0.0102. The highest BCUT2D eigenvalue weighted by atomic mass is 16.5. The maximum Gasteiger partial charge on any atom is 0.337 e. The molecule has 1 aromatic carbocycles. The summed E-state index contributed by atoms with van der Waals surface area (Å²) in [5.41, 5.74) is 1.51. The number of hydrogen-bond acceptors (Lipinski definition) is 4. The van der Waals surface area contributed by atoms with Gasteiger partial charge in [0, 0.05) is 12.6 Å². The van der Waals surface area contributed by atoms with Gasteiger partial charge in [-0.3, -0.25) is 9.69 Å². The number of rotatable bonds is 7. The van der Waals surface area contributed by atoms with Gasteiger partial charge in [0.2, 0.25) is 5.91 Å². The molecule has 0 heterocycles. The Bertz CT molecular complexity index is 486. The molecule has 0 bridgehead atoms. The standard InChI is InChI=1S/C16H24N2O3/c1-5-18(11-15(19)17-12(2)3)10-13-7-6-8-14(9-13)16(20)21-4/h6-9,12H,5,10-11H2,1-4H3,(H,17,19). The van der Waals surface area contributed by atoms with Crippen LogP contribution in [-0.2, 0) is 16.1 Å². The minimum atomic E-state index is -0.350. The van der Waals surface area contributed by atoms with E-state index in [-0.39, 0.29) is 17.9 Å². The molecule has 0 aromatic heterocycles. The first-order valence-corrected chi connectivity index (χ1v) is 7.15. The van der Waals surface area contributed by atoms with E-state index in [1.54, 1.807) is 12.1 Å². The summed E-state index contributed by atoms with van der Waals surface area (Å²) in [6.45, 7) is 7.60. The van der Waals surface area contributed by atoms with Crippen molar-refractivity contribution in [2.45, 2.75) is 33.4 Å². The SMILES string of the molecule is CCN(CC(=O)NC(C)C)Cc1cccc(C(=O)OC)c1. The molecular formula is C16H24N2O3. The van der Waals surface area contributed by atoms with Crippen molar-refractivity contribution in [1.29, 1.82) is 0 Å². The van der Waals surface area contributed by atoms with Crippen molar-refractivity contribution < 1.29 is 14.3 Å². The van der Waals surface area contributed by atoms with E-state index in [2.05, 4.69) is 5.32 Å². The summed E-state index contributed by atoms with van der Waals surface area (Å²) in [4.78, 5) is 25.3. The van der Waals surface area contributed by atoms with Gasteiger partial charge < -0.3 is 10.1 Å². The molecule has 0 atom stereocenters. The fourth-order valence-electron chi connectivity index (χ4n) is 2.02. The molecule has 0 aliphatic heterocycles. The van der Waals surface area contributed by atoms with Crippen LogP contribution in [0.25, 0.3) is 0 Å². The number of carbonyl (C=O) groups is 2. The van der Waals surface area contributed by atoms with E-state index in [4.69, 9.17) is 4.74 Å². The Morgan fingerprint density at radius 2 is 2.05 bits per heavy atom. The second-order valence-corrected chi connectivity index (χ2v) is 5.22. The van der Waals surface area contributed by atoms with Crippen molar-refractivity contribution in [2.75, 3.05) is 20.2 Å². The topological polar surface area (TPSA) is 58.6 Å². The Balaban J connectivity index is 2.68. The van der Waals surface area contributed by atoms with Crippen LogP contribution in [0.5, 0.6) is 0 Å². The first-order chi connectivity index (χ1) is 9.96. The number of benzene rings is 1. The first kappa shape index (κ1) is 17.2. The summed E-state index contributed by atoms with van der Waals surface area (Å²) in [6.07, 6.45) is 0. The number of nitrogens with zero attached hydrogens (tertiary/aromatic N) is 1. The first-order valence-electron chi connectivity index (χ1n) is 7.15. The van der Waals surface area contributed by atoms with Crippen molar-refractivity contribution >= 4 is 11.9 Å². The zero-order chi connectivity index (χ0) is 15.8. The molecule has 0 radical (unpaired) electrons. The average molecular weight is 292 g/mol. The third kappa shape index (κ3) is 5.95. The van der Waals surface area contributed by atoms with Gasteiger partial charge in [-0.25, -0.2) is 4.79 Å². The zero-order valence-corrected chi connectivity index (χ0v) is 13.2. The van der Waals surface area contributed by atoms with Gasteiger partial charge in [-0.1, -0.05) is 19.1 Å². The Morgan fingerprint density at radius 1 is 1.33 bits per heavy atom. The normalized spacial score (nSPS) is 10.8. The molecule has 5 heteroatoms. The molecule has 5 nitrogen and oxygen atoms in total. The molecule has 0 spiro atoms. The van der Waals surface area contributed by atoms with Crippen LogP contribution in [0.3, 0.4) is 0 Å². The number of esters is 1. The maximum atomic E-state index is 11.8. The van der Waals surface area contributed by atoms with Gasteiger partial charge in [0.15, 0.2) is 0 Å². The largest absolute Gasteiger partial charge is 0.465 e. The Kier molecular flexibility index (Phi) is 6.88. The van der Waals surface area contributed by atoms with Crippen molar-refractivity contribution in [3.05, 3.63) is 35.4 Å². The second kappa shape index (κ2) is 8.42. The van der Waals surface area contributed by atoms with Crippen LogP contribution in [0, 0.1) is 0 Å². The van der Waals surface area contributed by atoms with Crippen LogP contribution in [0.4, 0.5) is 0 Å². The Hall–Kier alpha value is -1.88. The van der Waals surface area contributed by atoms with Crippen LogP contribution in [0.15, 0.2) is 24.3 Å². The highest BCUT2D eigenvalue weighted by Gasteiger charge is 2.12. The molecule has 1 N–H and O–H groups in total. The van der Waals surface area contributed by atoms with Crippen LogP contribution >= 0.6 is 0 Å². The lowest BCUT2D eigenvalue weighted by molar-refractivity contribution is -0.122. The number of nitrogens with one attached hydrogen (secondary N) is 1. The van der Waals surface area contributed by atoms with E-state index in [1.165, 1.54) is 7.11 Å². The van der Waals surface area contributed by atoms with Gasteiger partial charge in [0.25, 0.3) is 0 Å². The molecule has 1 aromatic rings. The van der Waals surface area contributed by atoms with E-state index >= 15 is 0 Å². The maximum absolute atomic E-state index is 11.8. The molecule has 0 aliphatic carbocycles. The van der Waals surface area contributed by atoms with E-state index in [9.17, 15) is 9.59 Å². The highest BCUT2D eigenvalue weighted by Crippen LogP contribution is 2.09. The summed E-state index contributed by atoms with van der Waals surface area (Å²) in [5.74, 6) is -0.339. The molecule has 21 heavy (non-hydrogen) atoms. The summed E-state index contributed by atoms with van der Waals surface area (Å²) in [6, 6.07) is 7.42. The molecule has 0 aliphatic rings. The number of methoxy groups -OCH3 is 1. The second-order valence-electron chi connectivity index (χ2n) is 5.22. The number of carbonyl (C=O) groups excluding carboxylic acids is 2. The lowest BCUT2D eigenvalue weighted by atomic mass is 10.1. The summed E-state index contributed by atoms with van der Waals surface area (Å²) < 4.78 is 4.71. The summed E-state index contributed by atoms with van der Waals surface area (Å²) >= 11 is 0. The third-order valence-electron chi connectivity index (χ3n) is 3.02. The van der Waals surface area contributed by atoms with Gasteiger partial charge >= 0.3 is 5.97 Å². The lowest BCUT2D eigenvalue weighted by Gasteiger charge is -2.21. The molecule has 1 amide bonds. The van der Waals surface area contributed by atoms with E-state index in [1.807, 2.05) is 37.8 Å². The predicted molar refractivity (Wildman–Crippen MR) is 82.0 cm³/mol. The number of amides is 1. The molecule has 0 saturated heterocycles. The van der Waals surface area contributed by atoms with Gasteiger partial charge in [-0.05, 0) is 38.1 Å². The van der Waals surface area contributed by atoms with Crippen molar-refractivity contribution in [1.82, 2.24) is 10.2 Å². The van der Waals surface area contributed by atoms with Gasteiger partial charge in [-0.15, -0.1) is 0 Å². The van der Waals surface area contributed by atoms with Crippen LogP contribution in [0.1, 0.15) is 36.7 Å². The number of likely N-dealkylation sites (N-methyl/N-ethyl adjacent to an activating group) is 1. The highest BCUT2D eigenvalue weighted by molar-refractivity contribution is 5.89. The molecule has 116 valence electrons. The molecular weight excluding hydrogens is 268 g/mol. The molecule has 1 rings (SSSR count). The van der Waals surface area contributed by atoms with E-state index < -0.39 is 0 Å². The smallest absolute Gasteiger partial charge is 0.337 e. The van der Waals surface area contributed by atoms with E-state index in [0.29, 0.717) is 18.7 Å². The lowest BCUT2D eigenvalue weighted by Crippen LogP contribution is -2.39. The summed E-state index contributed by atoms with van der Waals surface area (Å²) in [5, 5.41) is 2.88. The third-order valence-corrected chi connectivity index (χ3v) is 3.02. The average Bonchev–Trinajstić information content (AvgIpc) is 2.45. The number of ether oxygens (including phenoxy) is 1. The number of hydrogen-bond donors (Lipinski definition) is 1. The monoisotopic (exact) mass is 292 g/mol. The predicted octanol–water partition coefficient (Wildman–Crippen LogP) is 1.82.